The highest BCUT2D eigenvalue weighted by Crippen LogP contribution is 2.15. The first-order valence-electron chi connectivity index (χ1n) is 5.08. The van der Waals surface area contributed by atoms with Gasteiger partial charge >= 0.3 is 6.18 Å². The van der Waals surface area contributed by atoms with Crippen LogP contribution in [0, 0.1) is 0 Å². The molecule has 5 nitrogen and oxygen atoms in total. The second-order valence-electron chi connectivity index (χ2n) is 3.85. The summed E-state index contributed by atoms with van der Waals surface area (Å²) in [5.41, 5.74) is 0. The molecule has 0 aromatic carbocycles. The average molecular weight is 257 g/mol. The predicted octanol–water partition coefficient (Wildman–Crippen LogP) is -0.481. The van der Waals surface area contributed by atoms with Gasteiger partial charge in [0.05, 0.1) is 25.2 Å². The fourth-order valence-electron chi connectivity index (χ4n) is 1.48. The number of amides is 1. The zero-order valence-electron chi connectivity index (χ0n) is 8.98. The molecule has 0 aromatic rings. The first-order valence-corrected chi connectivity index (χ1v) is 5.08. The topological polar surface area (TPSA) is 70.0 Å². The quantitative estimate of drug-likeness (QED) is 0.667. The van der Waals surface area contributed by atoms with E-state index in [1.54, 1.807) is 0 Å². The van der Waals surface area contributed by atoms with Gasteiger partial charge in [0.25, 0.3) is 0 Å². The number of rotatable bonds is 4. The number of alkyl halides is 3. The monoisotopic (exact) mass is 257 g/mol. The number of likely N-dealkylation sites (tertiary alicyclic amines) is 1. The molecule has 0 bridgehead atoms. The molecule has 0 aromatic heterocycles. The van der Waals surface area contributed by atoms with Crippen molar-refractivity contribution in [1.29, 1.82) is 0 Å². The Balaban J connectivity index is 2.18. The van der Waals surface area contributed by atoms with Gasteiger partial charge in [0, 0.05) is 13.1 Å². The summed E-state index contributed by atoms with van der Waals surface area (Å²) in [6.45, 7) is -1.72. The summed E-state index contributed by atoms with van der Waals surface area (Å²) in [6, 6.07) is 0. The van der Waals surface area contributed by atoms with Crippen molar-refractivity contribution in [3.8, 4) is 0 Å². The van der Waals surface area contributed by atoms with Gasteiger partial charge in [-0.15, -0.1) is 0 Å². The largest absolute Gasteiger partial charge is 0.411 e. The third-order valence-electron chi connectivity index (χ3n) is 2.34. The molecule has 8 heteroatoms. The highest BCUT2D eigenvalue weighted by Gasteiger charge is 2.32. The number of nitrogens with zero attached hydrogens (tertiary/aromatic N) is 1. The van der Waals surface area contributed by atoms with E-state index in [1.165, 1.54) is 4.90 Å². The zero-order valence-corrected chi connectivity index (χ0v) is 8.98. The fraction of sp³-hybridized carbons (Fsp3) is 0.889. The van der Waals surface area contributed by atoms with Gasteiger partial charge in [-0.05, 0) is 0 Å². The van der Waals surface area contributed by atoms with Gasteiger partial charge in [0.1, 0.15) is 6.61 Å². The Bertz CT molecular complexity index is 261. The first-order chi connectivity index (χ1) is 7.79. The Hall–Kier alpha value is -0.860. The Morgan fingerprint density at radius 1 is 1.29 bits per heavy atom. The van der Waals surface area contributed by atoms with Gasteiger partial charge in [0.2, 0.25) is 5.91 Å². The molecule has 1 saturated heterocycles. The molecule has 1 aliphatic rings. The van der Waals surface area contributed by atoms with E-state index in [-0.39, 0.29) is 26.1 Å². The molecule has 17 heavy (non-hydrogen) atoms. The Labute approximate surface area is 95.8 Å². The third-order valence-corrected chi connectivity index (χ3v) is 2.34. The number of carbonyl (C=O) groups is 1. The maximum atomic E-state index is 11.7. The Morgan fingerprint density at radius 2 is 1.82 bits per heavy atom. The van der Waals surface area contributed by atoms with E-state index in [0.29, 0.717) is 0 Å². The maximum absolute atomic E-state index is 11.7. The number of β-amino-alcohol motifs (C(OH)–C–C–N with tert-alkyl or cyclic N) is 2. The van der Waals surface area contributed by atoms with Crippen LogP contribution in [0.15, 0.2) is 0 Å². The van der Waals surface area contributed by atoms with Crippen LogP contribution in [0.25, 0.3) is 0 Å². The molecule has 0 spiro atoms. The molecule has 0 saturated carbocycles. The zero-order chi connectivity index (χ0) is 13.1. The SMILES string of the molecule is O=C(CCOCC(F)(F)F)N1C[C@@H](O)[C@@H](O)C1. The van der Waals surface area contributed by atoms with Crippen molar-refractivity contribution in [2.75, 3.05) is 26.3 Å². The van der Waals surface area contributed by atoms with E-state index >= 15 is 0 Å². The second-order valence-corrected chi connectivity index (χ2v) is 3.85. The molecule has 0 aliphatic carbocycles. The molecule has 2 atom stereocenters. The second kappa shape index (κ2) is 5.65. The lowest BCUT2D eigenvalue weighted by molar-refractivity contribution is -0.175. The first kappa shape index (κ1) is 14.2. The van der Waals surface area contributed by atoms with Crippen LogP contribution in [-0.2, 0) is 9.53 Å². The molecule has 2 N–H and O–H groups in total. The van der Waals surface area contributed by atoms with Crippen LogP contribution in [0.3, 0.4) is 0 Å². The molecule has 1 amide bonds. The molecule has 0 unspecified atom stereocenters. The van der Waals surface area contributed by atoms with Crippen molar-refractivity contribution >= 4 is 5.91 Å². The summed E-state index contributed by atoms with van der Waals surface area (Å²) in [5.74, 6) is -0.442. The van der Waals surface area contributed by atoms with E-state index < -0.39 is 30.9 Å². The van der Waals surface area contributed by atoms with Crippen molar-refractivity contribution in [1.82, 2.24) is 4.90 Å². The van der Waals surface area contributed by atoms with Crippen molar-refractivity contribution in [2.45, 2.75) is 24.8 Å². The number of hydrogen-bond acceptors (Lipinski definition) is 4. The summed E-state index contributed by atoms with van der Waals surface area (Å²) in [6.07, 6.45) is -6.58. The van der Waals surface area contributed by atoms with Crippen LogP contribution in [0.4, 0.5) is 13.2 Å². The lowest BCUT2D eigenvalue weighted by Gasteiger charge is -2.15. The van der Waals surface area contributed by atoms with Crippen LogP contribution < -0.4 is 0 Å². The van der Waals surface area contributed by atoms with E-state index in [0.717, 1.165) is 0 Å². The van der Waals surface area contributed by atoms with Gasteiger partial charge in [-0.1, -0.05) is 0 Å². The third kappa shape index (κ3) is 4.88. The van der Waals surface area contributed by atoms with Crippen molar-refractivity contribution in [2.24, 2.45) is 0 Å². The summed E-state index contributed by atoms with van der Waals surface area (Å²) >= 11 is 0. The summed E-state index contributed by atoms with van der Waals surface area (Å²) < 4.78 is 39.4. The Kier molecular flexibility index (Phi) is 4.72. The lowest BCUT2D eigenvalue weighted by Crippen LogP contribution is -2.31. The van der Waals surface area contributed by atoms with Crippen LogP contribution in [-0.4, -0.2) is 65.7 Å². The van der Waals surface area contributed by atoms with Crippen molar-refractivity contribution in [3.63, 3.8) is 0 Å². The molecule has 100 valence electrons. The highest BCUT2D eigenvalue weighted by molar-refractivity contribution is 5.76. The lowest BCUT2D eigenvalue weighted by atomic mass is 10.3. The number of aliphatic hydroxyl groups excluding tert-OH is 2. The van der Waals surface area contributed by atoms with Crippen molar-refractivity contribution < 1.29 is 32.9 Å². The molecular formula is C9H14F3NO4. The number of hydrogen-bond donors (Lipinski definition) is 2. The van der Waals surface area contributed by atoms with Crippen LogP contribution >= 0.6 is 0 Å². The number of ether oxygens (including phenoxy) is 1. The number of carbonyl (C=O) groups excluding carboxylic acids is 1. The predicted molar refractivity (Wildman–Crippen MR) is 50.1 cm³/mol. The minimum atomic E-state index is -4.40. The normalized spacial score (nSPS) is 25.4. The fourth-order valence-corrected chi connectivity index (χ4v) is 1.48. The van der Waals surface area contributed by atoms with Gasteiger partial charge < -0.3 is 19.8 Å². The average Bonchev–Trinajstić information content (AvgIpc) is 2.52. The van der Waals surface area contributed by atoms with E-state index in [4.69, 9.17) is 0 Å². The molecule has 1 heterocycles. The maximum Gasteiger partial charge on any atom is 0.411 e. The number of halogens is 3. The molecular weight excluding hydrogens is 243 g/mol. The molecule has 1 fully saturated rings. The van der Waals surface area contributed by atoms with Gasteiger partial charge in [-0.25, -0.2) is 0 Å². The highest BCUT2D eigenvalue weighted by atomic mass is 19.4. The van der Waals surface area contributed by atoms with Crippen LogP contribution in [0.1, 0.15) is 6.42 Å². The smallest absolute Gasteiger partial charge is 0.388 e. The van der Waals surface area contributed by atoms with E-state index in [1.807, 2.05) is 0 Å². The molecule has 1 rings (SSSR count). The minimum Gasteiger partial charge on any atom is -0.388 e. The summed E-state index contributed by atoms with van der Waals surface area (Å²) in [4.78, 5) is 12.6. The van der Waals surface area contributed by atoms with E-state index in [9.17, 15) is 28.2 Å². The van der Waals surface area contributed by atoms with Gasteiger partial charge in [0.15, 0.2) is 0 Å². The molecule has 0 radical (unpaired) electrons. The minimum absolute atomic E-state index is 0.000723. The van der Waals surface area contributed by atoms with Crippen LogP contribution in [0.5, 0.6) is 0 Å². The summed E-state index contributed by atoms with van der Waals surface area (Å²) in [7, 11) is 0. The van der Waals surface area contributed by atoms with E-state index in [2.05, 4.69) is 4.74 Å². The standard InChI is InChI=1S/C9H14F3NO4/c10-9(11,12)5-17-2-1-8(16)13-3-6(14)7(15)4-13/h6-7,14-15H,1-5H2/t6-,7+. The van der Waals surface area contributed by atoms with Gasteiger partial charge in [-0.2, -0.15) is 13.2 Å². The Morgan fingerprint density at radius 3 is 2.29 bits per heavy atom. The van der Waals surface area contributed by atoms with Crippen molar-refractivity contribution in [3.05, 3.63) is 0 Å². The number of aliphatic hydroxyl groups is 2. The summed E-state index contributed by atoms with van der Waals surface area (Å²) in [5, 5.41) is 18.3. The molecule has 1 aliphatic heterocycles. The van der Waals surface area contributed by atoms with Gasteiger partial charge in [-0.3, -0.25) is 4.79 Å². The van der Waals surface area contributed by atoms with Crippen LogP contribution in [0.2, 0.25) is 0 Å².